The summed E-state index contributed by atoms with van der Waals surface area (Å²) < 4.78 is 32.1. The van der Waals surface area contributed by atoms with Crippen molar-refractivity contribution in [2.24, 2.45) is 0 Å². The van der Waals surface area contributed by atoms with Gasteiger partial charge in [-0.2, -0.15) is 4.31 Å². The zero-order valence-corrected chi connectivity index (χ0v) is 17.4. The summed E-state index contributed by atoms with van der Waals surface area (Å²) in [5.41, 5.74) is 2.39. The molecule has 8 heteroatoms. The van der Waals surface area contributed by atoms with Gasteiger partial charge in [-0.25, -0.2) is 13.4 Å². The van der Waals surface area contributed by atoms with E-state index in [0.29, 0.717) is 28.3 Å². The van der Waals surface area contributed by atoms with Crippen molar-refractivity contribution in [2.45, 2.75) is 43.5 Å². The van der Waals surface area contributed by atoms with E-state index in [-0.39, 0.29) is 16.8 Å². The molecule has 1 aromatic heterocycles. The third-order valence-electron chi connectivity index (χ3n) is 5.11. The molecule has 0 atom stereocenters. The lowest BCUT2D eigenvalue weighted by atomic mass is 10.2. The largest absolute Gasteiger partial charge is 0.440 e. The molecule has 7 nitrogen and oxygen atoms in total. The van der Waals surface area contributed by atoms with Crippen molar-refractivity contribution >= 4 is 32.7 Å². The maximum absolute atomic E-state index is 12.6. The van der Waals surface area contributed by atoms with Gasteiger partial charge in [-0.3, -0.25) is 4.79 Å². The number of sulfonamides is 1. The van der Waals surface area contributed by atoms with Crippen LogP contribution in [0.15, 0.2) is 51.8 Å². The van der Waals surface area contributed by atoms with Crippen LogP contribution in [0.4, 0.5) is 5.69 Å². The van der Waals surface area contributed by atoms with Gasteiger partial charge in [0.1, 0.15) is 5.52 Å². The smallest absolute Gasteiger partial charge is 0.255 e. The number of carbonyl (C=O) groups excluding carboxylic acids is 1. The lowest BCUT2D eigenvalue weighted by Gasteiger charge is -2.21. The normalized spacial score (nSPS) is 14.7. The summed E-state index contributed by atoms with van der Waals surface area (Å²) in [6.45, 7) is 3.61. The molecule has 1 heterocycles. The third kappa shape index (κ3) is 3.90. The van der Waals surface area contributed by atoms with Crippen LogP contribution in [0, 0.1) is 0 Å². The van der Waals surface area contributed by atoms with Crippen molar-refractivity contribution in [3.63, 3.8) is 0 Å². The molecule has 2 aromatic carbocycles. The molecular formula is C21H23N3O4S. The van der Waals surface area contributed by atoms with Gasteiger partial charge in [0.15, 0.2) is 11.5 Å². The molecule has 29 heavy (non-hydrogen) atoms. The van der Waals surface area contributed by atoms with E-state index in [1.807, 2.05) is 0 Å². The number of oxazole rings is 1. The number of aromatic nitrogens is 1. The van der Waals surface area contributed by atoms with Gasteiger partial charge < -0.3 is 9.73 Å². The molecule has 0 unspecified atom stereocenters. The maximum atomic E-state index is 12.6. The first kappa shape index (κ1) is 19.6. The summed E-state index contributed by atoms with van der Waals surface area (Å²) in [4.78, 5) is 17.2. The number of fused-ring (bicyclic) bond motifs is 1. The highest BCUT2D eigenvalue weighted by molar-refractivity contribution is 7.89. The highest BCUT2D eigenvalue weighted by Gasteiger charge is 2.29. The number of nitrogens with one attached hydrogen (secondary N) is 1. The van der Waals surface area contributed by atoms with E-state index >= 15 is 0 Å². The molecule has 0 saturated heterocycles. The van der Waals surface area contributed by atoms with Crippen LogP contribution in [-0.4, -0.2) is 36.7 Å². The van der Waals surface area contributed by atoms with E-state index in [4.69, 9.17) is 4.42 Å². The molecule has 0 radical (unpaired) electrons. The van der Waals surface area contributed by atoms with Crippen molar-refractivity contribution in [2.75, 3.05) is 12.4 Å². The minimum Gasteiger partial charge on any atom is -0.440 e. The number of amides is 1. The maximum Gasteiger partial charge on any atom is 0.255 e. The molecule has 0 bridgehead atoms. The predicted molar refractivity (Wildman–Crippen MR) is 110 cm³/mol. The molecular weight excluding hydrogens is 390 g/mol. The monoisotopic (exact) mass is 413 g/mol. The molecule has 152 valence electrons. The second-order valence-electron chi connectivity index (χ2n) is 7.60. The second-order valence-corrected chi connectivity index (χ2v) is 9.60. The van der Waals surface area contributed by atoms with Crippen molar-refractivity contribution in [3.05, 3.63) is 53.9 Å². The first-order chi connectivity index (χ1) is 13.8. The Morgan fingerprint density at radius 3 is 2.48 bits per heavy atom. The molecule has 1 N–H and O–H groups in total. The Balaban J connectivity index is 1.50. The minimum absolute atomic E-state index is 0.155. The summed E-state index contributed by atoms with van der Waals surface area (Å²) in [6, 6.07) is 11.1. The Morgan fingerprint density at radius 2 is 1.86 bits per heavy atom. The predicted octanol–water partition coefficient (Wildman–Crippen LogP) is 3.99. The van der Waals surface area contributed by atoms with E-state index in [1.165, 1.54) is 35.6 Å². The molecule has 1 amide bonds. The molecule has 4 rings (SSSR count). The fraction of sp³-hybridized carbons (Fsp3) is 0.333. The minimum atomic E-state index is -3.58. The van der Waals surface area contributed by atoms with Crippen LogP contribution in [0.5, 0.6) is 0 Å². The SMILES string of the molecule is CC(C)N(C)S(=O)(=O)c1ccc(C(=O)Nc2ccc3oc(C4CC4)nc3c2)cc1. The van der Waals surface area contributed by atoms with Gasteiger partial charge in [-0.15, -0.1) is 0 Å². The Kier molecular flexibility index (Phi) is 4.92. The van der Waals surface area contributed by atoms with Gasteiger partial charge in [0.2, 0.25) is 10.0 Å². The van der Waals surface area contributed by atoms with Crippen molar-refractivity contribution in [3.8, 4) is 0 Å². The quantitative estimate of drug-likeness (QED) is 0.660. The van der Waals surface area contributed by atoms with Gasteiger partial charge in [0.05, 0.1) is 4.90 Å². The van der Waals surface area contributed by atoms with Crippen LogP contribution in [0.2, 0.25) is 0 Å². The second kappa shape index (κ2) is 7.27. The Morgan fingerprint density at radius 1 is 1.17 bits per heavy atom. The van der Waals surface area contributed by atoms with Crippen LogP contribution in [0.1, 0.15) is 48.9 Å². The van der Waals surface area contributed by atoms with Gasteiger partial charge in [-0.05, 0) is 69.2 Å². The topological polar surface area (TPSA) is 92.5 Å². The molecule has 1 aliphatic rings. The van der Waals surface area contributed by atoms with Gasteiger partial charge >= 0.3 is 0 Å². The average molecular weight is 413 g/mol. The summed E-state index contributed by atoms with van der Waals surface area (Å²) >= 11 is 0. The van der Waals surface area contributed by atoms with E-state index in [2.05, 4.69) is 10.3 Å². The summed E-state index contributed by atoms with van der Waals surface area (Å²) in [5, 5.41) is 2.82. The Bertz CT molecular complexity index is 1160. The van der Waals surface area contributed by atoms with Crippen molar-refractivity contribution < 1.29 is 17.6 Å². The van der Waals surface area contributed by atoms with Gasteiger partial charge in [-0.1, -0.05) is 0 Å². The number of nitrogens with zero attached hydrogens (tertiary/aromatic N) is 2. The standard InChI is InChI=1S/C21H23N3O4S/c1-13(2)24(3)29(26,27)17-9-6-14(7-10-17)20(25)22-16-8-11-19-18(12-16)23-21(28-19)15-4-5-15/h6-13,15H,4-5H2,1-3H3,(H,22,25). The summed E-state index contributed by atoms with van der Waals surface area (Å²) in [7, 11) is -2.04. The number of hydrogen-bond donors (Lipinski definition) is 1. The average Bonchev–Trinajstić information content (AvgIpc) is 3.46. The number of carbonyl (C=O) groups is 1. The summed E-state index contributed by atoms with van der Waals surface area (Å²) in [6.07, 6.45) is 2.21. The summed E-state index contributed by atoms with van der Waals surface area (Å²) in [5.74, 6) is 0.855. The number of benzene rings is 2. The van der Waals surface area contributed by atoms with E-state index in [9.17, 15) is 13.2 Å². The molecule has 1 fully saturated rings. The molecule has 3 aromatic rings. The Hall–Kier alpha value is -2.71. The highest BCUT2D eigenvalue weighted by atomic mass is 32.2. The van der Waals surface area contributed by atoms with Crippen LogP contribution in [0.25, 0.3) is 11.1 Å². The van der Waals surface area contributed by atoms with E-state index < -0.39 is 10.0 Å². The molecule has 0 aliphatic heterocycles. The lowest BCUT2D eigenvalue weighted by molar-refractivity contribution is 0.102. The number of rotatable bonds is 6. The van der Waals surface area contributed by atoms with Gasteiger partial charge in [0, 0.05) is 30.3 Å². The van der Waals surface area contributed by atoms with Crippen LogP contribution < -0.4 is 5.32 Å². The fourth-order valence-corrected chi connectivity index (χ4v) is 4.32. The zero-order valence-electron chi connectivity index (χ0n) is 16.5. The van der Waals surface area contributed by atoms with Crippen molar-refractivity contribution in [1.82, 2.24) is 9.29 Å². The first-order valence-corrected chi connectivity index (χ1v) is 11.0. The molecule has 1 saturated carbocycles. The highest BCUT2D eigenvalue weighted by Crippen LogP contribution is 2.40. The molecule has 1 aliphatic carbocycles. The number of hydrogen-bond acceptors (Lipinski definition) is 5. The third-order valence-corrected chi connectivity index (χ3v) is 7.16. The fourth-order valence-electron chi connectivity index (χ4n) is 2.95. The Labute approximate surface area is 169 Å². The van der Waals surface area contributed by atoms with E-state index in [1.54, 1.807) is 32.0 Å². The van der Waals surface area contributed by atoms with Crippen molar-refractivity contribution in [1.29, 1.82) is 0 Å². The zero-order chi connectivity index (χ0) is 20.8. The molecule has 0 spiro atoms. The number of anilines is 1. The lowest BCUT2D eigenvalue weighted by Crippen LogP contribution is -2.33. The van der Waals surface area contributed by atoms with E-state index in [0.717, 1.165) is 18.7 Å². The van der Waals surface area contributed by atoms with Gasteiger partial charge in [0.25, 0.3) is 5.91 Å². The van der Waals surface area contributed by atoms with Crippen LogP contribution in [0.3, 0.4) is 0 Å². The van der Waals surface area contributed by atoms with Crippen LogP contribution >= 0.6 is 0 Å². The van der Waals surface area contributed by atoms with Crippen LogP contribution in [-0.2, 0) is 10.0 Å². The first-order valence-electron chi connectivity index (χ1n) is 9.55.